The maximum atomic E-state index is 13.4. The number of amides is 3. The Morgan fingerprint density at radius 2 is 1.62 bits per heavy atom. The molecule has 34 heavy (non-hydrogen) atoms. The number of ether oxygens (including phenoxy) is 1. The molecule has 0 spiro atoms. The molecule has 0 radical (unpaired) electrons. The van der Waals surface area contributed by atoms with Gasteiger partial charge in [0.15, 0.2) is 0 Å². The van der Waals surface area contributed by atoms with Gasteiger partial charge in [0.05, 0.1) is 16.9 Å². The van der Waals surface area contributed by atoms with Crippen LogP contribution in [-0.4, -0.2) is 41.1 Å². The van der Waals surface area contributed by atoms with Crippen molar-refractivity contribution in [3.8, 4) is 11.1 Å². The van der Waals surface area contributed by atoms with E-state index in [0.29, 0.717) is 17.5 Å². The average Bonchev–Trinajstić information content (AvgIpc) is 3.10. The summed E-state index contributed by atoms with van der Waals surface area (Å²) in [6.07, 6.45) is 0.937. The van der Waals surface area contributed by atoms with Gasteiger partial charge in [-0.05, 0) is 44.9 Å². The molecule has 1 fully saturated rings. The van der Waals surface area contributed by atoms with Crippen LogP contribution in [0.25, 0.3) is 11.1 Å². The standard InChI is InChI=1S/C26H30N2O6/c1-5-6-16-27(25(33)34-26(2,3)4)23-18(17-10-7-8-11-19(17)24(31)32)12-9-13-20(23)28-21(29)14-15-22(28)30/h7-13H,5-6,14-16H2,1-4H3,(H,31,32). The number of unbranched alkanes of at least 4 members (excludes halogenated alkanes) is 1. The predicted molar refractivity (Wildman–Crippen MR) is 129 cm³/mol. The third-order valence-corrected chi connectivity index (χ3v) is 5.37. The number of carboxylic acid groups (broad SMARTS) is 1. The zero-order valence-corrected chi connectivity index (χ0v) is 20.0. The number of carboxylic acids is 1. The van der Waals surface area contributed by atoms with Crippen LogP contribution in [0.3, 0.4) is 0 Å². The number of imide groups is 1. The van der Waals surface area contributed by atoms with E-state index < -0.39 is 17.7 Å². The van der Waals surface area contributed by atoms with Crippen molar-refractivity contribution in [2.45, 2.75) is 59.0 Å². The topological polar surface area (TPSA) is 104 Å². The van der Waals surface area contributed by atoms with Crippen molar-refractivity contribution in [1.29, 1.82) is 0 Å². The highest BCUT2D eigenvalue weighted by Gasteiger charge is 2.36. The Balaban J connectivity index is 2.32. The maximum Gasteiger partial charge on any atom is 0.414 e. The first kappa shape index (κ1) is 25.0. The van der Waals surface area contributed by atoms with Crippen LogP contribution in [0.2, 0.25) is 0 Å². The number of carbonyl (C=O) groups excluding carboxylic acids is 3. The van der Waals surface area contributed by atoms with Crippen molar-refractivity contribution in [1.82, 2.24) is 0 Å². The molecule has 1 N–H and O–H groups in total. The third kappa shape index (κ3) is 5.27. The van der Waals surface area contributed by atoms with Crippen LogP contribution >= 0.6 is 0 Å². The van der Waals surface area contributed by atoms with E-state index in [9.17, 15) is 24.3 Å². The molecule has 1 aliphatic rings. The fraction of sp³-hybridized carbons (Fsp3) is 0.385. The molecule has 2 aromatic rings. The smallest absolute Gasteiger partial charge is 0.414 e. The Morgan fingerprint density at radius 3 is 2.21 bits per heavy atom. The molecule has 0 atom stereocenters. The number of benzene rings is 2. The van der Waals surface area contributed by atoms with Crippen molar-refractivity contribution in [2.75, 3.05) is 16.3 Å². The molecule has 2 aromatic carbocycles. The zero-order valence-electron chi connectivity index (χ0n) is 20.0. The Hall–Kier alpha value is -3.68. The van der Waals surface area contributed by atoms with Gasteiger partial charge in [-0.15, -0.1) is 0 Å². The second-order valence-corrected chi connectivity index (χ2v) is 9.13. The summed E-state index contributed by atoms with van der Waals surface area (Å²) in [5, 5.41) is 9.80. The average molecular weight is 467 g/mol. The number of para-hydroxylation sites is 1. The number of carbonyl (C=O) groups is 4. The van der Waals surface area contributed by atoms with E-state index in [2.05, 4.69) is 0 Å². The van der Waals surface area contributed by atoms with E-state index in [1.54, 1.807) is 57.2 Å². The first-order chi connectivity index (χ1) is 16.0. The number of hydrogen-bond acceptors (Lipinski definition) is 5. The van der Waals surface area contributed by atoms with Crippen LogP contribution in [0.15, 0.2) is 42.5 Å². The first-order valence-corrected chi connectivity index (χ1v) is 11.4. The van der Waals surface area contributed by atoms with Gasteiger partial charge in [-0.3, -0.25) is 14.5 Å². The molecule has 8 nitrogen and oxygen atoms in total. The molecule has 8 heteroatoms. The number of rotatable bonds is 7. The van der Waals surface area contributed by atoms with E-state index in [-0.39, 0.29) is 48.1 Å². The summed E-state index contributed by atoms with van der Waals surface area (Å²) in [5.41, 5.74) is 0.574. The van der Waals surface area contributed by atoms with Crippen LogP contribution in [0.1, 0.15) is 63.7 Å². The summed E-state index contributed by atoms with van der Waals surface area (Å²) in [5.74, 6) is -1.86. The van der Waals surface area contributed by atoms with E-state index in [4.69, 9.17) is 4.74 Å². The minimum Gasteiger partial charge on any atom is -0.478 e. The SMILES string of the molecule is CCCCN(C(=O)OC(C)(C)C)c1c(-c2ccccc2C(=O)O)cccc1N1C(=O)CCC1=O. The van der Waals surface area contributed by atoms with Gasteiger partial charge in [0.25, 0.3) is 0 Å². The quantitative estimate of drug-likeness (QED) is 0.559. The molecular formula is C26H30N2O6. The molecule has 0 saturated carbocycles. The molecule has 1 heterocycles. The normalized spacial score (nSPS) is 13.8. The molecule has 180 valence electrons. The Morgan fingerprint density at radius 1 is 1.00 bits per heavy atom. The van der Waals surface area contributed by atoms with Gasteiger partial charge in [0.2, 0.25) is 11.8 Å². The lowest BCUT2D eigenvalue weighted by Crippen LogP contribution is -2.39. The minimum atomic E-state index is -1.13. The lowest BCUT2D eigenvalue weighted by Gasteiger charge is -2.32. The minimum absolute atomic E-state index is 0.0413. The summed E-state index contributed by atoms with van der Waals surface area (Å²) >= 11 is 0. The van der Waals surface area contributed by atoms with Gasteiger partial charge in [0.1, 0.15) is 5.60 Å². The van der Waals surface area contributed by atoms with Crippen LogP contribution in [0.4, 0.5) is 16.2 Å². The highest BCUT2D eigenvalue weighted by molar-refractivity contribution is 6.22. The maximum absolute atomic E-state index is 13.4. The van der Waals surface area contributed by atoms with Crippen LogP contribution in [0, 0.1) is 0 Å². The van der Waals surface area contributed by atoms with Gasteiger partial charge in [-0.25, -0.2) is 14.5 Å². The van der Waals surface area contributed by atoms with Gasteiger partial charge >= 0.3 is 12.1 Å². The molecule has 0 aliphatic carbocycles. The van der Waals surface area contributed by atoms with Crippen molar-refractivity contribution in [3.63, 3.8) is 0 Å². The number of nitrogens with zero attached hydrogens (tertiary/aromatic N) is 2. The van der Waals surface area contributed by atoms with Gasteiger partial charge in [-0.2, -0.15) is 0 Å². The highest BCUT2D eigenvalue weighted by Crippen LogP contribution is 2.42. The fourth-order valence-electron chi connectivity index (χ4n) is 3.89. The Labute approximate surface area is 199 Å². The van der Waals surface area contributed by atoms with Gasteiger partial charge in [-0.1, -0.05) is 43.7 Å². The summed E-state index contributed by atoms with van der Waals surface area (Å²) < 4.78 is 5.67. The summed E-state index contributed by atoms with van der Waals surface area (Å²) in [6.45, 7) is 7.50. The molecule has 0 bridgehead atoms. The van der Waals surface area contributed by atoms with Crippen molar-refractivity contribution < 1.29 is 29.0 Å². The third-order valence-electron chi connectivity index (χ3n) is 5.37. The van der Waals surface area contributed by atoms with Crippen LogP contribution in [-0.2, 0) is 14.3 Å². The van der Waals surface area contributed by atoms with Crippen LogP contribution in [0.5, 0.6) is 0 Å². The van der Waals surface area contributed by atoms with E-state index in [1.165, 1.54) is 11.0 Å². The number of anilines is 2. The molecule has 0 aromatic heterocycles. The second-order valence-electron chi connectivity index (χ2n) is 9.13. The largest absolute Gasteiger partial charge is 0.478 e. The van der Waals surface area contributed by atoms with Gasteiger partial charge < -0.3 is 9.84 Å². The van der Waals surface area contributed by atoms with E-state index >= 15 is 0 Å². The molecule has 3 rings (SSSR count). The highest BCUT2D eigenvalue weighted by atomic mass is 16.6. The number of hydrogen-bond donors (Lipinski definition) is 1. The molecule has 1 saturated heterocycles. The molecule has 3 amide bonds. The second kappa shape index (κ2) is 10.1. The zero-order chi connectivity index (χ0) is 25.0. The van der Waals surface area contributed by atoms with Crippen molar-refractivity contribution in [2.24, 2.45) is 0 Å². The Bertz CT molecular complexity index is 1100. The molecule has 1 aliphatic heterocycles. The summed E-state index contributed by atoms with van der Waals surface area (Å²) in [7, 11) is 0. The summed E-state index contributed by atoms with van der Waals surface area (Å²) in [6, 6.07) is 11.4. The predicted octanol–water partition coefficient (Wildman–Crippen LogP) is 5.25. The lowest BCUT2D eigenvalue weighted by atomic mass is 9.96. The molecule has 0 unspecified atom stereocenters. The Kier molecular flexibility index (Phi) is 7.39. The lowest BCUT2D eigenvalue weighted by molar-refractivity contribution is -0.121. The van der Waals surface area contributed by atoms with Gasteiger partial charge in [0, 0.05) is 24.9 Å². The van der Waals surface area contributed by atoms with Crippen molar-refractivity contribution >= 4 is 35.3 Å². The van der Waals surface area contributed by atoms with E-state index in [0.717, 1.165) is 11.3 Å². The van der Waals surface area contributed by atoms with Crippen molar-refractivity contribution in [3.05, 3.63) is 48.0 Å². The van der Waals surface area contributed by atoms with Crippen LogP contribution < -0.4 is 9.80 Å². The fourth-order valence-corrected chi connectivity index (χ4v) is 3.89. The molecular weight excluding hydrogens is 436 g/mol. The number of aromatic carboxylic acids is 1. The first-order valence-electron chi connectivity index (χ1n) is 11.4. The van der Waals surface area contributed by atoms with E-state index in [1.807, 2.05) is 6.92 Å². The monoisotopic (exact) mass is 466 g/mol. The summed E-state index contributed by atoms with van der Waals surface area (Å²) in [4.78, 5) is 53.2.